The molecule has 0 bridgehead atoms. The number of hydrogen-bond acceptors (Lipinski definition) is 3. The lowest BCUT2D eigenvalue weighted by Crippen LogP contribution is -2.16. The summed E-state index contributed by atoms with van der Waals surface area (Å²) in [5, 5.41) is 4.58. The van der Waals surface area contributed by atoms with Gasteiger partial charge in [0.05, 0.1) is 6.61 Å². The SMILES string of the molecule is CC/C=C/CCOS(N)(=O)=O. The quantitative estimate of drug-likeness (QED) is 0.495. The molecule has 0 aromatic rings. The van der Waals surface area contributed by atoms with Gasteiger partial charge in [0, 0.05) is 0 Å². The molecule has 5 heteroatoms. The molecule has 0 aromatic carbocycles. The Kier molecular flexibility index (Phi) is 5.10. The topological polar surface area (TPSA) is 69.4 Å². The van der Waals surface area contributed by atoms with Crippen molar-refractivity contribution >= 4 is 10.3 Å². The van der Waals surface area contributed by atoms with Crippen LogP contribution in [-0.4, -0.2) is 15.0 Å². The summed E-state index contributed by atoms with van der Waals surface area (Å²) in [6, 6.07) is 0. The fraction of sp³-hybridized carbons (Fsp3) is 0.667. The third kappa shape index (κ3) is 9.61. The standard InChI is InChI=1S/C6H13NO3S/c1-2-3-4-5-6-10-11(7,8)9/h3-4H,2,5-6H2,1H3,(H2,7,8,9)/b4-3+. The lowest BCUT2D eigenvalue weighted by atomic mass is 10.3. The molecule has 0 amide bonds. The van der Waals surface area contributed by atoms with Gasteiger partial charge in [-0.3, -0.25) is 4.18 Å². The maximum Gasteiger partial charge on any atom is 0.333 e. The smallest absolute Gasteiger partial charge is 0.258 e. The Balaban J connectivity index is 3.36. The lowest BCUT2D eigenvalue weighted by molar-refractivity contribution is 0.325. The molecule has 0 rings (SSSR count). The Bertz CT molecular complexity index is 208. The number of nitrogens with two attached hydrogens (primary N) is 1. The van der Waals surface area contributed by atoms with Crippen molar-refractivity contribution in [3.05, 3.63) is 12.2 Å². The van der Waals surface area contributed by atoms with Gasteiger partial charge in [-0.05, 0) is 12.8 Å². The van der Waals surface area contributed by atoms with E-state index < -0.39 is 10.3 Å². The van der Waals surface area contributed by atoms with Gasteiger partial charge in [-0.25, -0.2) is 5.14 Å². The van der Waals surface area contributed by atoms with Crippen molar-refractivity contribution in [2.45, 2.75) is 19.8 Å². The van der Waals surface area contributed by atoms with Crippen LogP contribution in [0.4, 0.5) is 0 Å². The lowest BCUT2D eigenvalue weighted by Gasteiger charge is -1.95. The van der Waals surface area contributed by atoms with Gasteiger partial charge < -0.3 is 0 Å². The first-order chi connectivity index (χ1) is 5.06. The minimum absolute atomic E-state index is 0.120. The zero-order valence-electron chi connectivity index (χ0n) is 6.49. The summed E-state index contributed by atoms with van der Waals surface area (Å²) in [5.74, 6) is 0. The van der Waals surface area contributed by atoms with Crippen molar-refractivity contribution in [2.24, 2.45) is 5.14 Å². The zero-order valence-corrected chi connectivity index (χ0v) is 7.30. The average molecular weight is 179 g/mol. The first-order valence-electron chi connectivity index (χ1n) is 3.38. The molecule has 0 atom stereocenters. The van der Waals surface area contributed by atoms with E-state index in [1.807, 2.05) is 19.1 Å². The van der Waals surface area contributed by atoms with Crippen LogP contribution in [0.25, 0.3) is 0 Å². The molecule has 0 aliphatic heterocycles. The van der Waals surface area contributed by atoms with Crippen LogP contribution in [0.1, 0.15) is 19.8 Å². The van der Waals surface area contributed by atoms with E-state index in [4.69, 9.17) is 0 Å². The first kappa shape index (κ1) is 10.6. The molecule has 0 radical (unpaired) electrons. The Morgan fingerprint density at radius 3 is 2.55 bits per heavy atom. The maximum absolute atomic E-state index is 10.2. The van der Waals surface area contributed by atoms with Gasteiger partial charge in [-0.1, -0.05) is 19.1 Å². The third-order valence-electron chi connectivity index (χ3n) is 0.934. The predicted octanol–water partition coefficient (Wildman–Crippen LogP) is 0.563. The van der Waals surface area contributed by atoms with Crippen molar-refractivity contribution in [2.75, 3.05) is 6.61 Å². The van der Waals surface area contributed by atoms with Gasteiger partial charge in [-0.15, -0.1) is 0 Å². The van der Waals surface area contributed by atoms with Gasteiger partial charge in [0.15, 0.2) is 0 Å². The molecule has 66 valence electrons. The summed E-state index contributed by atoms with van der Waals surface area (Å²) in [6.07, 6.45) is 5.30. The van der Waals surface area contributed by atoms with Crippen molar-refractivity contribution in [3.63, 3.8) is 0 Å². The number of allylic oxidation sites excluding steroid dienone is 1. The summed E-state index contributed by atoms with van der Waals surface area (Å²) in [5.41, 5.74) is 0. The van der Waals surface area contributed by atoms with E-state index >= 15 is 0 Å². The van der Waals surface area contributed by atoms with E-state index in [0.29, 0.717) is 6.42 Å². The summed E-state index contributed by atoms with van der Waals surface area (Å²) in [6.45, 7) is 2.12. The van der Waals surface area contributed by atoms with Crippen LogP contribution in [0.3, 0.4) is 0 Å². The minimum Gasteiger partial charge on any atom is -0.258 e. The minimum atomic E-state index is -3.75. The Hall–Kier alpha value is -0.390. The van der Waals surface area contributed by atoms with E-state index in [1.54, 1.807) is 0 Å². The van der Waals surface area contributed by atoms with Gasteiger partial charge in [0.2, 0.25) is 0 Å². The summed E-state index contributed by atoms with van der Waals surface area (Å²) in [7, 11) is -3.75. The molecule has 0 aliphatic carbocycles. The van der Waals surface area contributed by atoms with Crippen LogP contribution >= 0.6 is 0 Å². The van der Waals surface area contributed by atoms with Crippen LogP contribution in [-0.2, 0) is 14.5 Å². The molecule has 0 aliphatic rings. The number of hydrogen-bond donors (Lipinski definition) is 1. The second kappa shape index (κ2) is 5.29. The molecule has 0 fully saturated rings. The summed E-state index contributed by atoms with van der Waals surface area (Å²) in [4.78, 5) is 0. The molecule has 0 heterocycles. The molecule has 0 saturated carbocycles. The zero-order chi connectivity index (χ0) is 8.74. The Morgan fingerprint density at radius 1 is 1.45 bits per heavy atom. The van der Waals surface area contributed by atoms with Crippen molar-refractivity contribution < 1.29 is 12.6 Å². The molecule has 0 saturated heterocycles. The highest BCUT2D eigenvalue weighted by molar-refractivity contribution is 7.84. The van der Waals surface area contributed by atoms with E-state index in [0.717, 1.165) is 6.42 Å². The Labute approximate surface area is 67.3 Å². The average Bonchev–Trinajstić information content (AvgIpc) is 1.85. The highest BCUT2D eigenvalue weighted by Crippen LogP contribution is 1.89. The second-order valence-electron chi connectivity index (χ2n) is 1.98. The molecule has 11 heavy (non-hydrogen) atoms. The predicted molar refractivity (Wildman–Crippen MR) is 43.1 cm³/mol. The normalized spacial score (nSPS) is 12.5. The van der Waals surface area contributed by atoms with Crippen LogP contribution in [0.15, 0.2) is 12.2 Å². The number of rotatable bonds is 5. The van der Waals surface area contributed by atoms with E-state index in [2.05, 4.69) is 9.32 Å². The fourth-order valence-corrected chi connectivity index (χ4v) is 0.845. The van der Waals surface area contributed by atoms with Crippen LogP contribution in [0.2, 0.25) is 0 Å². The molecule has 0 spiro atoms. The van der Waals surface area contributed by atoms with Gasteiger partial charge in [0.25, 0.3) is 0 Å². The summed E-state index contributed by atoms with van der Waals surface area (Å²) < 4.78 is 24.7. The second-order valence-corrected chi connectivity index (χ2v) is 3.20. The van der Waals surface area contributed by atoms with Gasteiger partial charge in [0.1, 0.15) is 0 Å². The van der Waals surface area contributed by atoms with E-state index in [-0.39, 0.29) is 6.61 Å². The molecular formula is C6H13NO3S. The largest absolute Gasteiger partial charge is 0.333 e. The molecule has 0 aromatic heterocycles. The molecule has 4 nitrogen and oxygen atoms in total. The van der Waals surface area contributed by atoms with Gasteiger partial charge in [-0.2, -0.15) is 8.42 Å². The monoisotopic (exact) mass is 179 g/mol. The molecular weight excluding hydrogens is 166 g/mol. The highest BCUT2D eigenvalue weighted by Gasteiger charge is 1.98. The van der Waals surface area contributed by atoms with Gasteiger partial charge >= 0.3 is 10.3 Å². The fourth-order valence-electron chi connectivity index (χ4n) is 0.517. The first-order valence-corrected chi connectivity index (χ1v) is 4.85. The Morgan fingerprint density at radius 2 is 2.09 bits per heavy atom. The molecule has 2 N–H and O–H groups in total. The van der Waals surface area contributed by atoms with Crippen molar-refractivity contribution in [1.82, 2.24) is 0 Å². The van der Waals surface area contributed by atoms with Crippen LogP contribution in [0, 0.1) is 0 Å². The van der Waals surface area contributed by atoms with Crippen LogP contribution in [0.5, 0.6) is 0 Å². The van der Waals surface area contributed by atoms with E-state index in [1.165, 1.54) is 0 Å². The van der Waals surface area contributed by atoms with Crippen molar-refractivity contribution in [3.8, 4) is 0 Å². The summed E-state index contributed by atoms with van der Waals surface area (Å²) >= 11 is 0. The van der Waals surface area contributed by atoms with E-state index in [9.17, 15) is 8.42 Å². The maximum atomic E-state index is 10.2. The third-order valence-corrected chi connectivity index (χ3v) is 1.43. The van der Waals surface area contributed by atoms with Crippen molar-refractivity contribution in [1.29, 1.82) is 0 Å². The highest BCUT2D eigenvalue weighted by atomic mass is 32.2. The van der Waals surface area contributed by atoms with Crippen LogP contribution < -0.4 is 5.14 Å². The molecule has 0 unspecified atom stereocenters.